The van der Waals surface area contributed by atoms with E-state index in [1.165, 1.54) is 0 Å². The number of aromatic nitrogens is 1. The number of halogens is 1. The third-order valence-electron chi connectivity index (χ3n) is 5.00. The number of nitrogens with one attached hydrogen (secondary N) is 1. The number of anilines is 1. The smallest absolute Gasteiger partial charge is 0.260 e. The maximum Gasteiger partial charge on any atom is 0.260 e. The summed E-state index contributed by atoms with van der Waals surface area (Å²) in [5.41, 5.74) is 7.51. The standard InChI is InChI=1S/C23H25BrN4O3S/c1-16-8-5-6-11-22(16)27(32(4,30)31)15-23(29)26-25-14-19-12-17(2)28(18(19)3)21-10-7-9-20(24)13-21/h5-14H,15H2,1-4H3,(H,26,29)/b25-14-. The van der Waals surface area contributed by atoms with E-state index in [0.717, 1.165) is 43.2 Å². The molecule has 1 amide bonds. The molecule has 0 aliphatic rings. The van der Waals surface area contributed by atoms with Gasteiger partial charge in [0.25, 0.3) is 5.91 Å². The fourth-order valence-electron chi connectivity index (χ4n) is 3.49. The lowest BCUT2D eigenvalue weighted by atomic mass is 10.2. The Hall–Kier alpha value is -2.91. The summed E-state index contributed by atoms with van der Waals surface area (Å²) >= 11 is 3.49. The van der Waals surface area contributed by atoms with Crippen molar-refractivity contribution in [1.82, 2.24) is 9.99 Å². The maximum absolute atomic E-state index is 12.4. The van der Waals surface area contributed by atoms with Gasteiger partial charge < -0.3 is 4.57 Å². The second-order valence-corrected chi connectivity index (χ2v) is 10.3. The molecule has 0 aliphatic heterocycles. The number of aryl methyl sites for hydroxylation is 2. The van der Waals surface area contributed by atoms with E-state index < -0.39 is 15.9 Å². The zero-order valence-electron chi connectivity index (χ0n) is 18.3. The average molecular weight is 517 g/mol. The van der Waals surface area contributed by atoms with E-state index in [1.807, 2.05) is 50.2 Å². The minimum atomic E-state index is -3.64. The van der Waals surface area contributed by atoms with Crippen LogP contribution in [0.3, 0.4) is 0 Å². The molecule has 0 saturated heterocycles. The Morgan fingerprint density at radius 2 is 1.84 bits per heavy atom. The third-order valence-corrected chi connectivity index (χ3v) is 6.62. The molecular weight excluding hydrogens is 492 g/mol. The van der Waals surface area contributed by atoms with Gasteiger partial charge in [-0.3, -0.25) is 9.10 Å². The van der Waals surface area contributed by atoms with Crippen molar-refractivity contribution in [1.29, 1.82) is 0 Å². The molecule has 0 unspecified atom stereocenters. The van der Waals surface area contributed by atoms with Crippen molar-refractivity contribution in [3.8, 4) is 5.69 Å². The Kier molecular flexibility index (Phi) is 7.20. The van der Waals surface area contributed by atoms with Gasteiger partial charge in [0.1, 0.15) is 6.54 Å². The summed E-state index contributed by atoms with van der Waals surface area (Å²) < 4.78 is 28.7. The fraction of sp³-hybridized carbons (Fsp3) is 0.217. The molecule has 1 N–H and O–H groups in total. The lowest BCUT2D eigenvalue weighted by Gasteiger charge is -2.23. The first kappa shape index (κ1) is 23.7. The summed E-state index contributed by atoms with van der Waals surface area (Å²) in [5, 5.41) is 4.05. The molecule has 0 aliphatic carbocycles. The molecule has 0 atom stereocenters. The van der Waals surface area contributed by atoms with Gasteiger partial charge in [0.05, 0.1) is 18.2 Å². The number of carbonyl (C=O) groups is 1. The van der Waals surface area contributed by atoms with Gasteiger partial charge in [-0.2, -0.15) is 5.10 Å². The fourth-order valence-corrected chi connectivity index (χ4v) is 4.80. The molecule has 9 heteroatoms. The van der Waals surface area contributed by atoms with Crippen LogP contribution < -0.4 is 9.73 Å². The number of carbonyl (C=O) groups excluding carboxylic acids is 1. The van der Waals surface area contributed by atoms with Crippen molar-refractivity contribution >= 4 is 43.8 Å². The predicted molar refractivity (Wildman–Crippen MR) is 132 cm³/mol. The lowest BCUT2D eigenvalue weighted by molar-refractivity contribution is -0.119. The number of rotatable bonds is 7. The van der Waals surface area contributed by atoms with Gasteiger partial charge in [-0.15, -0.1) is 0 Å². The van der Waals surface area contributed by atoms with Gasteiger partial charge in [-0.25, -0.2) is 13.8 Å². The molecule has 2 aromatic carbocycles. The quantitative estimate of drug-likeness (QED) is 0.379. The molecule has 32 heavy (non-hydrogen) atoms. The van der Waals surface area contributed by atoms with Crippen molar-refractivity contribution in [2.45, 2.75) is 20.8 Å². The van der Waals surface area contributed by atoms with Crippen LogP contribution in [0.15, 0.2) is 64.2 Å². The van der Waals surface area contributed by atoms with Crippen molar-refractivity contribution in [3.63, 3.8) is 0 Å². The van der Waals surface area contributed by atoms with E-state index in [-0.39, 0.29) is 6.54 Å². The van der Waals surface area contributed by atoms with Gasteiger partial charge >= 0.3 is 0 Å². The minimum absolute atomic E-state index is 0.363. The highest BCUT2D eigenvalue weighted by atomic mass is 79.9. The molecule has 1 aromatic heterocycles. The lowest BCUT2D eigenvalue weighted by Crippen LogP contribution is -2.39. The molecule has 0 bridgehead atoms. The monoisotopic (exact) mass is 516 g/mol. The molecule has 7 nitrogen and oxygen atoms in total. The second kappa shape index (κ2) is 9.70. The summed E-state index contributed by atoms with van der Waals surface area (Å²) in [7, 11) is -3.64. The Labute approximate surface area is 196 Å². The van der Waals surface area contributed by atoms with E-state index in [2.05, 4.69) is 31.0 Å². The number of hydrazone groups is 1. The van der Waals surface area contributed by atoms with Gasteiger partial charge in [-0.1, -0.05) is 40.2 Å². The largest absolute Gasteiger partial charge is 0.318 e. The topological polar surface area (TPSA) is 83.8 Å². The molecule has 0 radical (unpaired) electrons. The van der Waals surface area contributed by atoms with E-state index in [4.69, 9.17) is 0 Å². The van der Waals surface area contributed by atoms with E-state index >= 15 is 0 Å². The predicted octanol–water partition coefficient (Wildman–Crippen LogP) is 4.08. The van der Waals surface area contributed by atoms with E-state index in [0.29, 0.717) is 5.69 Å². The Morgan fingerprint density at radius 1 is 1.12 bits per heavy atom. The zero-order valence-corrected chi connectivity index (χ0v) is 20.7. The molecule has 3 aromatic rings. The summed E-state index contributed by atoms with van der Waals surface area (Å²) in [6.45, 7) is 5.40. The van der Waals surface area contributed by atoms with Gasteiger partial charge in [0, 0.05) is 27.1 Å². The normalized spacial score (nSPS) is 11.7. The van der Waals surface area contributed by atoms with E-state index in [9.17, 15) is 13.2 Å². The number of nitrogens with zero attached hydrogens (tertiary/aromatic N) is 3. The van der Waals surface area contributed by atoms with Crippen molar-refractivity contribution < 1.29 is 13.2 Å². The number of para-hydroxylation sites is 1. The summed E-state index contributed by atoms with van der Waals surface area (Å²) in [4.78, 5) is 12.4. The third kappa shape index (κ3) is 5.46. The summed E-state index contributed by atoms with van der Waals surface area (Å²) in [5.74, 6) is -0.532. The second-order valence-electron chi connectivity index (χ2n) is 7.49. The number of hydrogen-bond acceptors (Lipinski definition) is 4. The van der Waals surface area contributed by atoms with Crippen molar-refractivity contribution in [2.75, 3.05) is 17.1 Å². The van der Waals surface area contributed by atoms with Crippen LogP contribution >= 0.6 is 15.9 Å². The van der Waals surface area contributed by atoms with Crippen molar-refractivity contribution in [2.24, 2.45) is 5.10 Å². The highest BCUT2D eigenvalue weighted by Crippen LogP contribution is 2.23. The van der Waals surface area contributed by atoms with Crippen LogP contribution in [0.4, 0.5) is 5.69 Å². The van der Waals surface area contributed by atoms with Crippen LogP contribution in [-0.4, -0.2) is 37.9 Å². The highest BCUT2D eigenvalue weighted by molar-refractivity contribution is 9.10. The Morgan fingerprint density at radius 3 is 2.50 bits per heavy atom. The Balaban J connectivity index is 1.75. The molecule has 0 saturated carbocycles. The van der Waals surface area contributed by atoms with E-state index in [1.54, 1.807) is 31.3 Å². The highest BCUT2D eigenvalue weighted by Gasteiger charge is 2.22. The molecule has 3 rings (SSSR count). The first-order chi connectivity index (χ1) is 15.1. The number of hydrogen-bond donors (Lipinski definition) is 1. The average Bonchev–Trinajstić information content (AvgIpc) is 2.99. The van der Waals surface area contributed by atoms with Crippen LogP contribution in [0.1, 0.15) is 22.5 Å². The van der Waals surface area contributed by atoms with Crippen LogP contribution in [0.2, 0.25) is 0 Å². The minimum Gasteiger partial charge on any atom is -0.318 e. The van der Waals surface area contributed by atoms with Gasteiger partial charge in [0.2, 0.25) is 10.0 Å². The van der Waals surface area contributed by atoms with Crippen LogP contribution in [0.25, 0.3) is 5.69 Å². The van der Waals surface area contributed by atoms with Crippen LogP contribution in [0.5, 0.6) is 0 Å². The maximum atomic E-state index is 12.4. The molecule has 1 heterocycles. The molecule has 168 valence electrons. The van der Waals surface area contributed by atoms with Crippen molar-refractivity contribution in [3.05, 3.63) is 81.6 Å². The van der Waals surface area contributed by atoms with Gasteiger partial charge in [0.15, 0.2) is 0 Å². The number of sulfonamides is 1. The number of benzene rings is 2. The first-order valence-corrected chi connectivity index (χ1v) is 12.5. The first-order valence-electron chi connectivity index (χ1n) is 9.88. The summed E-state index contributed by atoms with van der Waals surface area (Å²) in [6, 6.07) is 17.0. The molecule has 0 fully saturated rings. The molecule has 0 spiro atoms. The SMILES string of the molecule is Cc1ccccc1N(CC(=O)N/N=C\c1cc(C)n(-c2cccc(Br)c2)c1C)S(C)(=O)=O. The number of amides is 1. The summed E-state index contributed by atoms with van der Waals surface area (Å²) in [6.07, 6.45) is 2.64. The molecular formula is C23H25BrN4O3S. The van der Waals surface area contributed by atoms with Crippen LogP contribution in [0, 0.1) is 20.8 Å². The van der Waals surface area contributed by atoms with Gasteiger partial charge in [-0.05, 0) is 56.7 Å². The zero-order chi connectivity index (χ0) is 23.5. The van der Waals surface area contributed by atoms with Crippen LogP contribution in [-0.2, 0) is 14.8 Å². The Bertz CT molecular complexity index is 1280.